The number of sulfonamides is 1. The number of amides is 2. The molecule has 1 heterocycles. The second kappa shape index (κ2) is 9.01. The lowest BCUT2D eigenvalue weighted by Crippen LogP contribution is -2.51. The van der Waals surface area contributed by atoms with E-state index in [0.717, 1.165) is 31.9 Å². The van der Waals surface area contributed by atoms with Crippen molar-refractivity contribution in [1.82, 2.24) is 14.9 Å². The van der Waals surface area contributed by atoms with Crippen LogP contribution in [-0.2, 0) is 19.9 Å². The Morgan fingerprint density at radius 1 is 0.862 bits per heavy atom. The molecule has 1 saturated heterocycles. The maximum absolute atomic E-state index is 13.0. The van der Waals surface area contributed by atoms with Gasteiger partial charge in [-0.1, -0.05) is 31.4 Å². The van der Waals surface area contributed by atoms with E-state index in [1.807, 2.05) is 0 Å². The Bertz CT molecular complexity index is 932. The molecule has 2 amide bonds. The van der Waals surface area contributed by atoms with Gasteiger partial charge in [-0.15, -0.1) is 0 Å². The third kappa shape index (κ3) is 5.49. The Hall–Kier alpha value is -1.65. The highest BCUT2D eigenvalue weighted by molar-refractivity contribution is 7.93. The van der Waals surface area contributed by atoms with Crippen LogP contribution in [-0.4, -0.2) is 58.6 Å². The maximum Gasteiger partial charge on any atom is 0.315 e. The summed E-state index contributed by atoms with van der Waals surface area (Å²) in [7, 11) is -7.59. The van der Waals surface area contributed by atoms with E-state index in [-0.39, 0.29) is 41.0 Å². The smallest absolute Gasteiger partial charge is 0.315 e. The molecular formula is C19H29N3O5S2. The Morgan fingerprint density at radius 2 is 1.38 bits per heavy atom. The number of sulfone groups is 1. The molecule has 1 aliphatic carbocycles. The lowest BCUT2D eigenvalue weighted by atomic mass is 9.96. The van der Waals surface area contributed by atoms with Crippen LogP contribution >= 0.6 is 0 Å². The van der Waals surface area contributed by atoms with Gasteiger partial charge in [0.2, 0.25) is 10.0 Å². The Labute approximate surface area is 173 Å². The van der Waals surface area contributed by atoms with Crippen LogP contribution in [0.15, 0.2) is 34.1 Å². The lowest BCUT2D eigenvalue weighted by molar-refractivity contribution is 0.220. The first-order valence-electron chi connectivity index (χ1n) is 10.0. The largest absolute Gasteiger partial charge is 0.335 e. The van der Waals surface area contributed by atoms with Crippen LogP contribution < -0.4 is 10.6 Å². The van der Waals surface area contributed by atoms with Crippen LogP contribution in [0, 0.1) is 0 Å². The topological polar surface area (TPSA) is 113 Å². The summed E-state index contributed by atoms with van der Waals surface area (Å²) in [4.78, 5) is 11.8. The molecule has 0 aromatic heterocycles. The van der Waals surface area contributed by atoms with Crippen molar-refractivity contribution in [2.24, 2.45) is 0 Å². The summed E-state index contributed by atoms with van der Waals surface area (Å²) in [5.41, 5.74) is 0. The van der Waals surface area contributed by atoms with Gasteiger partial charge in [0.25, 0.3) is 0 Å². The van der Waals surface area contributed by atoms with E-state index in [1.165, 1.54) is 35.0 Å². The van der Waals surface area contributed by atoms with Crippen molar-refractivity contribution in [3.05, 3.63) is 24.3 Å². The highest BCUT2D eigenvalue weighted by Gasteiger charge is 2.33. The summed E-state index contributed by atoms with van der Waals surface area (Å²) < 4.78 is 51.3. The van der Waals surface area contributed by atoms with Gasteiger partial charge in [0.05, 0.1) is 4.90 Å². The molecule has 2 N–H and O–H groups in total. The summed E-state index contributed by atoms with van der Waals surface area (Å²) in [6.45, 7) is 0.462. The van der Waals surface area contributed by atoms with Crippen LogP contribution in [0.2, 0.25) is 0 Å². The molecule has 3 rings (SSSR count). The van der Waals surface area contributed by atoms with Gasteiger partial charge in [0.1, 0.15) is 4.90 Å². The SMILES string of the molecule is CS(=O)(=O)c1ccccc1S(=O)(=O)N1CCC(NC(=O)NC2CCCCC2)CC1. The molecule has 8 nitrogen and oxygen atoms in total. The fourth-order valence-corrected chi connectivity index (χ4v) is 7.08. The number of benzene rings is 1. The minimum absolute atomic E-state index is 0.102. The van der Waals surface area contributed by atoms with Crippen LogP contribution in [0.4, 0.5) is 4.79 Å². The molecule has 162 valence electrons. The summed E-state index contributed by atoms with van der Waals surface area (Å²) in [6.07, 6.45) is 7.47. The molecule has 0 atom stereocenters. The molecular weight excluding hydrogens is 414 g/mol. The number of hydrogen-bond donors (Lipinski definition) is 2. The molecule has 10 heteroatoms. The molecule has 1 aliphatic heterocycles. The Kier molecular flexibility index (Phi) is 6.85. The van der Waals surface area contributed by atoms with E-state index in [1.54, 1.807) is 0 Å². The summed E-state index contributed by atoms with van der Waals surface area (Å²) in [5, 5.41) is 5.96. The number of rotatable bonds is 5. The highest BCUT2D eigenvalue weighted by atomic mass is 32.2. The normalized spacial score (nSPS) is 20.3. The Morgan fingerprint density at radius 3 is 1.93 bits per heavy atom. The molecule has 29 heavy (non-hydrogen) atoms. The van der Waals surface area contributed by atoms with Crippen molar-refractivity contribution in [1.29, 1.82) is 0 Å². The average molecular weight is 444 g/mol. The Balaban J connectivity index is 1.59. The number of nitrogens with zero attached hydrogens (tertiary/aromatic N) is 1. The highest BCUT2D eigenvalue weighted by Crippen LogP contribution is 2.26. The predicted molar refractivity (Wildman–Crippen MR) is 110 cm³/mol. The minimum atomic E-state index is -3.92. The van der Waals surface area contributed by atoms with Crippen molar-refractivity contribution < 1.29 is 21.6 Å². The van der Waals surface area contributed by atoms with Crippen molar-refractivity contribution in [3.63, 3.8) is 0 Å². The molecule has 2 fully saturated rings. The van der Waals surface area contributed by atoms with Gasteiger partial charge in [0, 0.05) is 31.4 Å². The van der Waals surface area contributed by atoms with E-state index in [0.29, 0.717) is 12.8 Å². The number of carbonyl (C=O) groups excluding carboxylic acids is 1. The molecule has 0 spiro atoms. The molecule has 0 bridgehead atoms. The molecule has 1 aromatic rings. The van der Waals surface area contributed by atoms with Crippen molar-refractivity contribution >= 4 is 25.9 Å². The summed E-state index contributed by atoms with van der Waals surface area (Å²) in [5.74, 6) is 0. The third-order valence-corrected chi connectivity index (χ3v) is 8.84. The van der Waals surface area contributed by atoms with Gasteiger partial charge in [0.15, 0.2) is 9.84 Å². The lowest BCUT2D eigenvalue weighted by Gasteiger charge is -2.32. The van der Waals surface area contributed by atoms with E-state index in [2.05, 4.69) is 10.6 Å². The predicted octanol–water partition coefficient (Wildman–Crippen LogP) is 1.88. The van der Waals surface area contributed by atoms with E-state index in [4.69, 9.17) is 0 Å². The molecule has 0 unspecified atom stereocenters. The van der Waals surface area contributed by atoms with Gasteiger partial charge in [-0.3, -0.25) is 0 Å². The fourth-order valence-electron chi connectivity index (χ4n) is 4.01. The maximum atomic E-state index is 13.0. The summed E-state index contributed by atoms with van der Waals surface area (Å²) >= 11 is 0. The zero-order valence-corrected chi connectivity index (χ0v) is 18.3. The van der Waals surface area contributed by atoms with Gasteiger partial charge < -0.3 is 10.6 Å². The second-order valence-corrected chi connectivity index (χ2v) is 11.7. The van der Waals surface area contributed by atoms with Gasteiger partial charge >= 0.3 is 6.03 Å². The number of piperidine rings is 1. The molecule has 2 aliphatic rings. The minimum Gasteiger partial charge on any atom is -0.335 e. The number of hydrogen-bond acceptors (Lipinski definition) is 5. The van der Waals surface area contributed by atoms with E-state index in [9.17, 15) is 21.6 Å². The van der Waals surface area contributed by atoms with Crippen molar-refractivity contribution in [3.8, 4) is 0 Å². The van der Waals surface area contributed by atoms with Crippen LogP contribution in [0.5, 0.6) is 0 Å². The molecule has 1 saturated carbocycles. The number of urea groups is 1. The number of nitrogens with one attached hydrogen (secondary N) is 2. The second-order valence-electron chi connectivity index (χ2n) is 7.85. The van der Waals surface area contributed by atoms with Crippen molar-refractivity contribution in [2.45, 2.75) is 66.8 Å². The monoisotopic (exact) mass is 443 g/mol. The quantitative estimate of drug-likeness (QED) is 0.721. The average Bonchev–Trinajstić information content (AvgIpc) is 2.68. The van der Waals surface area contributed by atoms with Crippen molar-refractivity contribution in [2.75, 3.05) is 19.3 Å². The van der Waals surface area contributed by atoms with Gasteiger partial charge in [-0.25, -0.2) is 21.6 Å². The zero-order valence-electron chi connectivity index (χ0n) is 16.6. The molecule has 1 aromatic carbocycles. The van der Waals surface area contributed by atoms with Gasteiger partial charge in [-0.05, 0) is 37.8 Å². The van der Waals surface area contributed by atoms with Crippen LogP contribution in [0.3, 0.4) is 0 Å². The first kappa shape index (κ1) is 22.0. The number of carbonyl (C=O) groups is 1. The van der Waals surface area contributed by atoms with E-state index >= 15 is 0 Å². The third-order valence-electron chi connectivity index (χ3n) is 5.60. The fraction of sp³-hybridized carbons (Fsp3) is 0.632. The van der Waals surface area contributed by atoms with E-state index < -0.39 is 19.9 Å². The first-order chi connectivity index (χ1) is 13.7. The zero-order chi connectivity index (χ0) is 21.1. The first-order valence-corrected chi connectivity index (χ1v) is 13.4. The standard InChI is InChI=1S/C19H29N3O5S2/c1-28(24,25)17-9-5-6-10-18(17)29(26,27)22-13-11-16(12-14-22)21-19(23)20-15-7-3-2-4-8-15/h5-6,9-10,15-16H,2-4,7-8,11-14H2,1H3,(H2,20,21,23). The van der Waals surface area contributed by atoms with Crippen LogP contribution in [0.25, 0.3) is 0 Å². The van der Waals surface area contributed by atoms with Crippen LogP contribution in [0.1, 0.15) is 44.9 Å². The molecule has 0 radical (unpaired) electrons. The summed E-state index contributed by atoms with van der Waals surface area (Å²) in [6, 6.07) is 5.59. The van der Waals surface area contributed by atoms with Gasteiger partial charge in [-0.2, -0.15) is 4.31 Å².